The lowest BCUT2D eigenvalue weighted by Crippen LogP contribution is -2.47. The van der Waals surface area contributed by atoms with E-state index in [0.29, 0.717) is 5.75 Å². The molecular weight excluding hydrogens is 499 g/mol. The van der Waals surface area contributed by atoms with Gasteiger partial charge in [0.15, 0.2) is 0 Å². The molecule has 1 saturated heterocycles. The maximum absolute atomic E-state index is 14.0. The highest BCUT2D eigenvalue weighted by Gasteiger charge is 2.31. The number of alkyl halides is 3. The smallest absolute Gasteiger partial charge is 0.200 e. The second kappa shape index (κ2) is 9.79. The van der Waals surface area contributed by atoms with Gasteiger partial charge >= 0.3 is 0 Å². The largest absolute Gasteiger partial charge is 0.490 e. The lowest BCUT2D eigenvalue weighted by molar-refractivity contribution is 0.0351. The molecule has 1 fully saturated rings. The zero-order valence-corrected chi connectivity index (χ0v) is 20.3. The Kier molecular flexibility index (Phi) is 7.02. The van der Waals surface area contributed by atoms with E-state index in [9.17, 15) is 13.2 Å². The lowest BCUT2D eigenvalue weighted by atomic mass is 10.1. The van der Waals surface area contributed by atoms with Gasteiger partial charge in [-0.15, -0.1) is 0 Å². The molecule has 0 radical (unpaired) electrons. The summed E-state index contributed by atoms with van der Waals surface area (Å²) in [6.45, 7) is 3.63. The van der Waals surface area contributed by atoms with E-state index in [-0.39, 0.29) is 0 Å². The number of aryl methyl sites for hydroxylation is 1. The number of H-pyrrole nitrogens is 1. The molecule has 0 spiro atoms. The number of benzene rings is 1. The first kappa shape index (κ1) is 23.7. The number of piperazine rings is 1. The number of ether oxygens (including phenoxy) is 1. The van der Waals surface area contributed by atoms with Crippen molar-refractivity contribution < 1.29 is 17.9 Å². The number of hydrogen-bond acceptors (Lipinski definition) is 5. The predicted molar refractivity (Wildman–Crippen MR) is 128 cm³/mol. The van der Waals surface area contributed by atoms with Crippen LogP contribution in [0.25, 0.3) is 10.9 Å². The van der Waals surface area contributed by atoms with Gasteiger partial charge in [0, 0.05) is 47.8 Å². The number of nitrogens with zero attached hydrogens (tertiary/aromatic N) is 4. The first-order valence-electron chi connectivity index (χ1n) is 10.9. The van der Waals surface area contributed by atoms with Crippen molar-refractivity contribution in [1.29, 1.82) is 0 Å². The van der Waals surface area contributed by atoms with E-state index < -0.39 is 25.6 Å². The third kappa shape index (κ3) is 4.76. The number of fused-ring (bicyclic) bond motifs is 1. The molecule has 10 heteroatoms. The molecule has 0 atom stereocenters. The molecule has 6 nitrogen and oxygen atoms in total. The van der Waals surface area contributed by atoms with Crippen molar-refractivity contribution in [1.82, 2.24) is 15.2 Å². The van der Waals surface area contributed by atoms with Gasteiger partial charge in [-0.3, -0.25) is 10.1 Å². The molecule has 1 aliphatic rings. The second-order valence-electron chi connectivity index (χ2n) is 8.34. The molecule has 1 N–H and O–H groups in total. The number of pyridine rings is 1. The molecule has 178 valence electrons. The van der Waals surface area contributed by atoms with Gasteiger partial charge < -0.3 is 14.5 Å². The van der Waals surface area contributed by atoms with Crippen LogP contribution in [0.1, 0.15) is 18.2 Å². The third-order valence-corrected chi connectivity index (χ3v) is 6.91. The summed E-state index contributed by atoms with van der Waals surface area (Å²) < 4.78 is 45.9. The minimum Gasteiger partial charge on any atom is -0.490 e. The fraction of sp³-hybridized carbons (Fsp3) is 0.478. The van der Waals surface area contributed by atoms with Gasteiger partial charge in [0.05, 0.1) is 29.3 Å². The second-order valence-corrected chi connectivity index (χ2v) is 9.19. The van der Waals surface area contributed by atoms with Crippen LogP contribution in [0.2, 0.25) is 0 Å². The Morgan fingerprint density at radius 2 is 1.76 bits per heavy atom. The number of aromatic amines is 1. The fourth-order valence-electron chi connectivity index (χ4n) is 4.08. The number of hydrogen-bond donors (Lipinski definition) is 1. The Balaban J connectivity index is 1.51. The van der Waals surface area contributed by atoms with Crippen molar-refractivity contribution in [3.05, 3.63) is 40.3 Å². The summed E-state index contributed by atoms with van der Waals surface area (Å²) in [4.78, 5) is 8.92. The van der Waals surface area contributed by atoms with E-state index in [2.05, 4.69) is 47.8 Å². The first-order chi connectivity index (χ1) is 15.9. The van der Waals surface area contributed by atoms with Gasteiger partial charge in [0.1, 0.15) is 25.7 Å². The zero-order chi connectivity index (χ0) is 23.6. The highest BCUT2D eigenvalue weighted by Crippen LogP contribution is 2.35. The van der Waals surface area contributed by atoms with Crippen LogP contribution in [0.4, 0.5) is 24.5 Å². The minimum atomic E-state index is -2.62. The van der Waals surface area contributed by atoms with Crippen molar-refractivity contribution in [2.24, 2.45) is 0 Å². The van der Waals surface area contributed by atoms with Crippen LogP contribution < -0.4 is 14.5 Å². The van der Waals surface area contributed by atoms with Gasteiger partial charge in [0.25, 0.3) is 0 Å². The molecule has 0 amide bonds. The molecule has 1 aromatic carbocycles. The van der Waals surface area contributed by atoms with Gasteiger partial charge in [-0.2, -0.15) is 5.10 Å². The summed E-state index contributed by atoms with van der Waals surface area (Å²) in [5, 5.41) is 8.59. The quantitative estimate of drug-likeness (QED) is 0.451. The average Bonchev–Trinajstić information content (AvgIpc) is 3.28. The molecule has 4 rings (SSSR count). The van der Waals surface area contributed by atoms with Crippen LogP contribution in [-0.2, 0) is 6.42 Å². The van der Waals surface area contributed by atoms with E-state index in [1.54, 1.807) is 18.3 Å². The SMILES string of the molecule is CCc1n[nH]c2cncc(N3CCN(c4cc(OCC(F)(CF)CF)cc(Br)c4C)CC3)c12. The minimum absolute atomic E-state index is 0.369. The highest BCUT2D eigenvalue weighted by molar-refractivity contribution is 9.10. The molecule has 3 aromatic rings. The summed E-state index contributed by atoms with van der Waals surface area (Å²) in [6, 6.07) is 3.50. The van der Waals surface area contributed by atoms with Crippen LogP contribution in [0.5, 0.6) is 5.75 Å². The number of rotatable bonds is 8. The van der Waals surface area contributed by atoms with Crippen LogP contribution >= 0.6 is 15.9 Å². The van der Waals surface area contributed by atoms with Crippen molar-refractivity contribution >= 4 is 38.2 Å². The molecule has 0 bridgehead atoms. The molecule has 0 unspecified atom stereocenters. The van der Waals surface area contributed by atoms with E-state index >= 15 is 0 Å². The van der Waals surface area contributed by atoms with Gasteiger partial charge in [0.2, 0.25) is 5.67 Å². The fourth-order valence-corrected chi connectivity index (χ4v) is 4.51. The van der Waals surface area contributed by atoms with Crippen molar-refractivity contribution in [3.8, 4) is 5.75 Å². The summed E-state index contributed by atoms with van der Waals surface area (Å²) in [5.41, 5.74) is 2.37. The van der Waals surface area contributed by atoms with Crippen molar-refractivity contribution in [3.63, 3.8) is 0 Å². The summed E-state index contributed by atoms with van der Waals surface area (Å²) in [7, 11) is 0. The van der Waals surface area contributed by atoms with Crippen LogP contribution in [0.15, 0.2) is 29.0 Å². The third-order valence-electron chi connectivity index (χ3n) is 6.09. The Bertz CT molecular complexity index is 1110. The molecule has 2 aromatic heterocycles. The molecule has 0 aliphatic carbocycles. The summed E-state index contributed by atoms with van der Waals surface area (Å²) >= 11 is 3.53. The van der Waals surface area contributed by atoms with E-state index in [1.165, 1.54) is 0 Å². The number of aromatic nitrogens is 3. The zero-order valence-electron chi connectivity index (χ0n) is 18.7. The number of halogens is 4. The van der Waals surface area contributed by atoms with Crippen LogP contribution in [-0.4, -0.2) is 67.0 Å². The summed E-state index contributed by atoms with van der Waals surface area (Å²) in [5.74, 6) is 0.369. The van der Waals surface area contributed by atoms with Gasteiger partial charge in [-0.25, -0.2) is 13.2 Å². The first-order valence-corrected chi connectivity index (χ1v) is 11.7. The Labute approximate surface area is 199 Å². The Morgan fingerprint density at radius 3 is 2.39 bits per heavy atom. The average molecular weight is 526 g/mol. The normalized spacial score (nSPS) is 14.8. The van der Waals surface area contributed by atoms with E-state index in [4.69, 9.17) is 4.74 Å². The maximum Gasteiger partial charge on any atom is 0.200 e. The van der Waals surface area contributed by atoms with E-state index in [1.807, 2.05) is 13.1 Å². The summed E-state index contributed by atoms with van der Waals surface area (Å²) in [6.07, 6.45) is 4.52. The van der Waals surface area contributed by atoms with Crippen LogP contribution in [0, 0.1) is 6.92 Å². The van der Waals surface area contributed by atoms with Crippen molar-refractivity contribution in [2.45, 2.75) is 25.9 Å². The number of anilines is 2. The molecule has 3 heterocycles. The van der Waals surface area contributed by atoms with Gasteiger partial charge in [-0.05, 0) is 25.0 Å². The monoisotopic (exact) mass is 525 g/mol. The molecule has 1 aliphatic heterocycles. The lowest BCUT2D eigenvalue weighted by Gasteiger charge is -2.38. The molecule has 0 saturated carbocycles. The number of nitrogens with one attached hydrogen (secondary N) is 1. The Hall–Kier alpha value is -2.49. The van der Waals surface area contributed by atoms with Crippen LogP contribution in [0.3, 0.4) is 0 Å². The molecule has 33 heavy (non-hydrogen) atoms. The topological polar surface area (TPSA) is 57.3 Å². The highest BCUT2D eigenvalue weighted by atomic mass is 79.9. The maximum atomic E-state index is 14.0. The van der Waals surface area contributed by atoms with Crippen molar-refractivity contribution in [2.75, 3.05) is 55.9 Å². The Morgan fingerprint density at radius 1 is 1.09 bits per heavy atom. The van der Waals surface area contributed by atoms with E-state index in [0.717, 1.165) is 70.6 Å². The predicted octanol–water partition coefficient (Wildman–Crippen LogP) is 4.94. The van der Waals surface area contributed by atoms with Gasteiger partial charge in [-0.1, -0.05) is 22.9 Å². The molecular formula is C23H27BrF3N5O. The standard InChI is InChI=1S/C23H27BrF3N5O/c1-3-18-22-19(30-29-18)10-28-11-21(22)32-6-4-31(5-7-32)20-9-16(8-17(24)15(20)2)33-14-23(27,12-25)13-26/h8-11H,3-7,12-14H2,1-2H3,(H,29,30).